The van der Waals surface area contributed by atoms with Crippen LogP contribution in [0.3, 0.4) is 0 Å². The average Bonchev–Trinajstić information content (AvgIpc) is 2.16. The third-order valence-corrected chi connectivity index (χ3v) is 1.84. The van der Waals surface area contributed by atoms with Gasteiger partial charge in [0.1, 0.15) is 0 Å². The van der Waals surface area contributed by atoms with Gasteiger partial charge in [0, 0.05) is 11.6 Å². The number of rotatable bonds is 3. The fourth-order valence-corrected chi connectivity index (χ4v) is 1.09. The molecule has 81 valence electrons. The fraction of sp³-hybridized carbons (Fsp3) is 0.364. The molecule has 0 aliphatic carbocycles. The molecule has 3 nitrogen and oxygen atoms in total. The minimum Gasteiger partial charge on any atom is -0.447 e. The van der Waals surface area contributed by atoms with Crippen LogP contribution in [0.1, 0.15) is 19.4 Å². The van der Waals surface area contributed by atoms with E-state index in [9.17, 15) is 4.79 Å². The van der Waals surface area contributed by atoms with Crippen molar-refractivity contribution in [1.29, 1.82) is 0 Å². The molecule has 4 heteroatoms. The number of alkyl carbamates (subject to hydrolysis) is 1. The Morgan fingerprint density at radius 3 is 2.87 bits per heavy atom. The highest BCUT2D eigenvalue weighted by Crippen LogP contribution is 2.08. The van der Waals surface area contributed by atoms with Crippen LogP contribution >= 0.6 is 11.6 Å². The van der Waals surface area contributed by atoms with Crippen LogP contribution in [0.15, 0.2) is 18.2 Å². The number of halogens is 1. The number of nitrogens with one attached hydrogen (secondary N) is 1. The van der Waals surface area contributed by atoms with Crippen LogP contribution in [0.2, 0.25) is 5.02 Å². The lowest BCUT2D eigenvalue weighted by atomic mass is 10.2. The average molecular weight is 227 g/mol. The van der Waals surface area contributed by atoms with E-state index in [0.717, 1.165) is 5.56 Å². The van der Waals surface area contributed by atoms with Crippen molar-refractivity contribution in [3.05, 3.63) is 34.9 Å². The van der Waals surface area contributed by atoms with Gasteiger partial charge in [-0.25, -0.2) is 4.79 Å². The van der Waals surface area contributed by atoms with Crippen molar-refractivity contribution < 1.29 is 9.53 Å². The summed E-state index contributed by atoms with van der Waals surface area (Å²) in [7, 11) is 0. The van der Waals surface area contributed by atoms with Gasteiger partial charge in [0.2, 0.25) is 0 Å². The van der Waals surface area contributed by atoms with Crippen molar-refractivity contribution in [3.8, 4) is 0 Å². The minimum atomic E-state index is -0.423. The molecule has 0 spiro atoms. The van der Waals surface area contributed by atoms with E-state index in [4.69, 9.17) is 16.3 Å². The normalized spacial score (nSPS) is 10.1. The van der Waals surface area contributed by atoms with Gasteiger partial charge < -0.3 is 10.1 Å². The number of carbonyl (C=O) groups excluding carboxylic acids is 1. The zero-order chi connectivity index (χ0) is 11.3. The molecule has 0 aliphatic heterocycles. The van der Waals surface area contributed by atoms with E-state index >= 15 is 0 Å². The monoisotopic (exact) mass is 226 g/mol. The standard InChI is InChI=1S/C11H13ClNO2/c1-8(2)15-11(14)13-7-9-3-5-10(12)6-4-9/h3,5-6,8H,7H2,1-2H3,(H,13,14). The zero-order valence-corrected chi connectivity index (χ0v) is 9.47. The molecule has 1 N–H and O–H groups in total. The molecule has 0 saturated heterocycles. The molecule has 0 bridgehead atoms. The van der Waals surface area contributed by atoms with Gasteiger partial charge in [-0.15, -0.1) is 0 Å². The molecule has 15 heavy (non-hydrogen) atoms. The SMILES string of the molecule is CC(C)OC(=O)NCc1[c]cc(Cl)cc1. The second kappa shape index (κ2) is 5.61. The first kappa shape index (κ1) is 11.9. The third-order valence-electron chi connectivity index (χ3n) is 1.61. The molecule has 0 heterocycles. The van der Waals surface area contributed by atoms with Gasteiger partial charge in [0.15, 0.2) is 0 Å². The summed E-state index contributed by atoms with van der Waals surface area (Å²) in [5.41, 5.74) is 0.861. The first-order valence-electron chi connectivity index (χ1n) is 4.68. The van der Waals surface area contributed by atoms with Crippen LogP contribution < -0.4 is 5.32 Å². The Balaban J connectivity index is 2.37. The van der Waals surface area contributed by atoms with Crippen LogP contribution in [0, 0.1) is 6.07 Å². The molecule has 0 unspecified atom stereocenters. The summed E-state index contributed by atoms with van der Waals surface area (Å²) in [6.45, 7) is 3.99. The molecule has 0 saturated carbocycles. The summed E-state index contributed by atoms with van der Waals surface area (Å²) >= 11 is 5.70. The maximum Gasteiger partial charge on any atom is 0.407 e. The smallest absolute Gasteiger partial charge is 0.407 e. The largest absolute Gasteiger partial charge is 0.447 e. The molecule has 0 aliphatic rings. The lowest BCUT2D eigenvalue weighted by molar-refractivity contribution is 0.115. The lowest BCUT2D eigenvalue weighted by Crippen LogP contribution is -2.26. The third kappa shape index (κ3) is 4.70. The van der Waals surface area contributed by atoms with E-state index in [-0.39, 0.29) is 6.10 Å². The second-order valence-electron chi connectivity index (χ2n) is 3.34. The van der Waals surface area contributed by atoms with Gasteiger partial charge in [-0.1, -0.05) is 17.7 Å². The van der Waals surface area contributed by atoms with Crippen LogP contribution in [0.4, 0.5) is 4.79 Å². The number of benzene rings is 1. The van der Waals surface area contributed by atoms with Crippen molar-refractivity contribution >= 4 is 17.7 Å². The molecule has 0 atom stereocenters. The Hall–Kier alpha value is -1.22. The second-order valence-corrected chi connectivity index (χ2v) is 3.78. The number of carbonyl (C=O) groups is 1. The van der Waals surface area contributed by atoms with Crippen molar-refractivity contribution in [2.24, 2.45) is 0 Å². The quantitative estimate of drug-likeness (QED) is 0.861. The summed E-state index contributed by atoms with van der Waals surface area (Å²) in [4.78, 5) is 11.1. The van der Waals surface area contributed by atoms with Crippen molar-refractivity contribution in [3.63, 3.8) is 0 Å². The van der Waals surface area contributed by atoms with Gasteiger partial charge in [-0.2, -0.15) is 0 Å². The summed E-state index contributed by atoms with van der Waals surface area (Å²) in [6.07, 6.45) is -0.535. The number of amides is 1. The molecule has 0 fully saturated rings. The highest BCUT2D eigenvalue weighted by Gasteiger charge is 2.03. The Labute approximate surface area is 94.4 Å². The topological polar surface area (TPSA) is 38.3 Å². The Kier molecular flexibility index (Phi) is 4.43. The highest BCUT2D eigenvalue weighted by molar-refractivity contribution is 6.30. The maximum absolute atomic E-state index is 11.1. The van der Waals surface area contributed by atoms with Crippen molar-refractivity contribution in [1.82, 2.24) is 5.32 Å². The van der Waals surface area contributed by atoms with Crippen molar-refractivity contribution in [2.75, 3.05) is 0 Å². The lowest BCUT2D eigenvalue weighted by Gasteiger charge is -2.09. The van der Waals surface area contributed by atoms with Crippen LogP contribution in [-0.4, -0.2) is 12.2 Å². The molecule has 1 aromatic rings. The zero-order valence-electron chi connectivity index (χ0n) is 8.71. The van der Waals surface area contributed by atoms with E-state index in [1.807, 2.05) is 0 Å². The summed E-state index contributed by atoms with van der Waals surface area (Å²) < 4.78 is 4.91. The summed E-state index contributed by atoms with van der Waals surface area (Å²) in [5.74, 6) is 0. The number of ether oxygens (including phenoxy) is 1. The molecule has 1 aromatic carbocycles. The van der Waals surface area contributed by atoms with E-state index in [2.05, 4.69) is 11.4 Å². The number of hydrogen-bond acceptors (Lipinski definition) is 2. The minimum absolute atomic E-state index is 0.112. The molecular formula is C11H13ClNO2. The van der Waals surface area contributed by atoms with E-state index in [1.165, 1.54) is 0 Å². The van der Waals surface area contributed by atoms with Crippen LogP contribution in [0.25, 0.3) is 0 Å². The Bertz CT molecular complexity index is 322. The predicted octanol–water partition coefficient (Wildman–Crippen LogP) is 2.77. The Morgan fingerprint density at radius 2 is 2.33 bits per heavy atom. The molecule has 1 rings (SSSR count). The highest BCUT2D eigenvalue weighted by atomic mass is 35.5. The summed E-state index contributed by atoms with van der Waals surface area (Å²) in [5, 5.41) is 3.24. The van der Waals surface area contributed by atoms with E-state index in [1.54, 1.807) is 32.0 Å². The molecule has 1 amide bonds. The first-order chi connectivity index (χ1) is 7.08. The molecule has 0 aromatic heterocycles. The van der Waals surface area contributed by atoms with E-state index in [0.29, 0.717) is 11.6 Å². The van der Waals surface area contributed by atoms with Crippen LogP contribution in [0.5, 0.6) is 0 Å². The van der Waals surface area contributed by atoms with Gasteiger partial charge in [-0.3, -0.25) is 0 Å². The van der Waals surface area contributed by atoms with Crippen molar-refractivity contribution in [2.45, 2.75) is 26.5 Å². The van der Waals surface area contributed by atoms with Gasteiger partial charge in [0.25, 0.3) is 0 Å². The van der Waals surface area contributed by atoms with Gasteiger partial charge in [-0.05, 0) is 37.6 Å². The first-order valence-corrected chi connectivity index (χ1v) is 5.06. The van der Waals surface area contributed by atoms with E-state index < -0.39 is 6.09 Å². The predicted molar refractivity (Wildman–Crippen MR) is 58.7 cm³/mol. The molecule has 1 radical (unpaired) electrons. The van der Waals surface area contributed by atoms with Gasteiger partial charge in [0.05, 0.1) is 6.10 Å². The fourth-order valence-electron chi connectivity index (χ4n) is 0.971. The summed E-state index contributed by atoms with van der Waals surface area (Å²) in [6, 6.07) is 8.16. The number of hydrogen-bond donors (Lipinski definition) is 1. The maximum atomic E-state index is 11.1. The van der Waals surface area contributed by atoms with Gasteiger partial charge >= 0.3 is 6.09 Å². The Morgan fingerprint density at radius 1 is 1.60 bits per heavy atom. The molecular weight excluding hydrogens is 214 g/mol. The van der Waals surface area contributed by atoms with Crippen LogP contribution in [-0.2, 0) is 11.3 Å².